The van der Waals surface area contributed by atoms with Gasteiger partial charge in [0.15, 0.2) is 11.5 Å². The monoisotopic (exact) mass is 474 g/mol. The molecule has 0 amide bonds. The van der Waals surface area contributed by atoms with Gasteiger partial charge in [-0.2, -0.15) is 8.78 Å². The summed E-state index contributed by atoms with van der Waals surface area (Å²) < 4.78 is 39.1. The van der Waals surface area contributed by atoms with Crippen LogP contribution in [0.25, 0.3) is 0 Å². The van der Waals surface area contributed by atoms with Crippen molar-refractivity contribution in [1.29, 1.82) is 0 Å². The number of benzene rings is 1. The van der Waals surface area contributed by atoms with Crippen LogP contribution in [0.4, 0.5) is 8.78 Å². The second-order valence-corrected chi connectivity index (χ2v) is 11.1. The summed E-state index contributed by atoms with van der Waals surface area (Å²) in [5, 5.41) is 0. The van der Waals surface area contributed by atoms with E-state index in [9.17, 15) is 8.78 Å². The van der Waals surface area contributed by atoms with Gasteiger partial charge in [-0.15, -0.1) is 0 Å². The van der Waals surface area contributed by atoms with Crippen LogP contribution in [0.5, 0.6) is 11.5 Å². The van der Waals surface area contributed by atoms with Crippen LogP contribution < -0.4 is 9.47 Å². The van der Waals surface area contributed by atoms with E-state index in [2.05, 4.69) is 19.1 Å². The Kier molecular flexibility index (Phi) is 9.31. The lowest BCUT2D eigenvalue weighted by atomic mass is 9.66. The summed E-state index contributed by atoms with van der Waals surface area (Å²) in [6.45, 7) is 4.76. The van der Waals surface area contributed by atoms with Gasteiger partial charge in [-0.05, 0) is 100 Å². The first kappa shape index (κ1) is 25.5. The van der Waals surface area contributed by atoms with Gasteiger partial charge >= 0.3 is 0 Å². The minimum Gasteiger partial charge on any atom is -0.491 e. The first-order valence-corrected chi connectivity index (χ1v) is 14.0. The predicted octanol–water partition coefficient (Wildman–Crippen LogP) is 8.74. The molecular formula is C30H44F2O2. The number of ether oxygens (including phenoxy) is 2. The van der Waals surface area contributed by atoms with Gasteiger partial charge in [0.25, 0.3) is 0 Å². The molecule has 3 aliphatic rings. The molecule has 2 unspecified atom stereocenters. The van der Waals surface area contributed by atoms with Crippen molar-refractivity contribution in [2.75, 3.05) is 13.2 Å². The average Bonchev–Trinajstić information content (AvgIpc) is 2.88. The SMILES string of the molecule is CCCC1CCC(C2CCC(C3C=CC(COc4ccc(OCC)c(F)c4F)CC3)CC2)CC1. The van der Waals surface area contributed by atoms with Crippen LogP contribution in [0.3, 0.4) is 0 Å². The highest BCUT2D eigenvalue weighted by Crippen LogP contribution is 2.45. The molecule has 1 aromatic rings. The van der Waals surface area contributed by atoms with Crippen LogP contribution in [-0.2, 0) is 0 Å². The van der Waals surface area contributed by atoms with Gasteiger partial charge in [0.1, 0.15) is 0 Å². The molecule has 34 heavy (non-hydrogen) atoms. The molecule has 0 radical (unpaired) electrons. The Morgan fingerprint density at radius 3 is 1.85 bits per heavy atom. The Hall–Kier alpha value is -1.58. The third kappa shape index (κ3) is 6.34. The first-order valence-electron chi connectivity index (χ1n) is 14.0. The van der Waals surface area contributed by atoms with E-state index in [-0.39, 0.29) is 17.4 Å². The van der Waals surface area contributed by atoms with Crippen LogP contribution in [-0.4, -0.2) is 13.2 Å². The smallest absolute Gasteiger partial charge is 0.204 e. The summed E-state index contributed by atoms with van der Waals surface area (Å²) in [6.07, 6.45) is 21.2. The minimum absolute atomic E-state index is 0.0291. The topological polar surface area (TPSA) is 18.5 Å². The van der Waals surface area contributed by atoms with Crippen LogP contribution in [0.1, 0.15) is 90.9 Å². The van der Waals surface area contributed by atoms with Crippen molar-refractivity contribution in [3.05, 3.63) is 35.9 Å². The lowest BCUT2D eigenvalue weighted by molar-refractivity contribution is 0.126. The molecule has 4 heteroatoms. The molecule has 2 saturated carbocycles. The van der Waals surface area contributed by atoms with Gasteiger partial charge in [0, 0.05) is 5.92 Å². The fourth-order valence-corrected chi connectivity index (χ4v) is 6.92. The van der Waals surface area contributed by atoms with E-state index in [0.29, 0.717) is 19.1 Å². The molecule has 0 N–H and O–H groups in total. The summed E-state index contributed by atoms with van der Waals surface area (Å²) in [5.41, 5.74) is 0. The summed E-state index contributed by atoms with van der Waals surface area (Å²) in [4.78, 5) is 0. The molecule has 0 aliphatic heterocycles. The number of halogens is 2. The summed E-state index contributed by atoms with van der Waals surface area (Å²) in [6, 6.07) is 2.91. The van der Waals surface area contributed by atoms with Gasteiger partial charge in [-0.3, -0.25) is 0 Å². The minimum atomic E-state index is -0.969. The molecule has 3 aliphatic carbocycles. The highest BCUT2D eigenvalue weighted by atomic mass is 19.2. The molecule has 0 bridgehead atoms. The average molecular weight is 475 g/mol. The van der Waals surface area contributed by atoms with Gasteiger partial charge in [-0.25, -0.2) is 0 Å². The number of hydrogen-bond donors (Lipinski definition) is 0. The Labute approximate surface area is 205 Å². The number of rotatable bonds is 9. The Balaban J connectivity index is 1.20. The van der Waals surface area contributed by atoms with E-state index in [1.165, 1.54) is 82.8 Å². The molecule has 1 aromatic carbocycles. The quantitative estimate of drug-likeness (QED) is 0.333. The van der Waals surface area contributed by atoms with Crippen molar-refractivity contribution in [3.8, 4) is 11.5 Å². The third-order valence-corrected chi connectivity index (χ3v) is 8.94. The van der Waals surface area contributed by atoms with Crippen molar-refractivity contribution >= 4 is 0 Å². The fraction of sp³-hybridized carbons (Fsp3) is 0.733. The highest BCUT2D eigenvalue weighted by molar-refractivity contribution is 5.35. The van der Waals surface area contributed by atoms with E-state index in [1.807, 2.05) is 0 Å². The summed E-state index contributed by atoms with van der Waals surface area (Å²) in [5.74, 6) is 2.71. The van der Waals surface area contributed by atoms with E-state index >= 15 is 0 Å². The zero-order valence-electron chi connectivity index (χ0n) is 21.2. The zero-order valence-corrected chi connectivity index (χ0v) is 21.2. The normalized spacial score (nSPS) is 31.9. The van der Waals surface area contributed by atoms with Crippen molar-refractivity contribution in [3.63, 3.8) is 0 Å². The Morgan fingerprint density at radius 1 is 0.706 bits per heavy atom. The Bertz CT molecular complexity index is 791. The summed E-state index contributed by atoms with van der Waals surface area (Å²) in [7, 11) is 0. The third-order valence-electron chi connectivity index (χ3n) is 8.94. The molecule has 0 heterocycles. The maximum atomic E-state index is 14.3. The van der Waals surface area contributed by atoms with Crippen LogP contribution >= 0.6 is 0 Å². The van der Waals surface area contributed by atoms with Crippen molar-refractivity contribution in [2.45, 2.75) is 90.9 Å². The van der Waals surface area contributed by atoms with Crippen molar-refractivity contribution < 1.29 is 18.3 Å². The zero-order chi connectivity index (χ0) is 23.9. The molecule has 4 rings (SSSR count). The molecule has 2 fully saturated rings. The molecule has 0 spiro atoms. The van der Waals surface area contributed by atoms with Gasteiger partial charge in [-0.1, -0.05) is 44.8 Å². The van der Waals surface area contributed by atoms with Gasteiger partial charge < -0.3 is 9.47 Å². The molecule has 0 saturated heterocycles. The fourth-order valence-electron chi connectivity index (χ4n) is 6.92. The van der Waals surface area contributed by atoms with Crippen LogP contribution in [0.15, 0.2) is 24.3 Å². The molecule has 2 nitrogen and oxygen atoms in total. The maximum Gasteiger partial charge on any atom is 0.204 e. The molecular weight excluding hydrogens is 430 g/mol. The van der Waals surface area contributed by atoms with Crippen molar-refractivity contribution in [1.82, 2.24) is 0 Å². The predicted molar refractivity (Wildman–Crippen MR) is 134 cm³/mol. The lowest BCUT2D eigenvalue weighted by Crippen LogP contribution is -2.29. The maximum absolute atomic E-state index is 14.3. The van der Waals surface area contributed by atoms with Gasteiger partial charge in [0.05, 0.1) is 13.2 Å². The van der Waals surface area contributed by atoms with E-state index < -0.39 is 11.6 Å². The van der Waals surface area contributed by atoms with Crippen LogP contribution in [0, 0.1) is 47.1 Å². The molecule has 190 valence electrons. The van der Waals surface area contributed by atoms with E-state index in [1.54, 1.807) is 6.92 Å². The summed E-state index contributed by atoms with van der Waals surface area (Å²) >= 11 is 0. The van der Waals surface area contributed by atoms with E-state index in [0.717, 1.165) is 30.1 Å². The Morgan fingerprint density at radius 2 is 1.29 bits per heavy atom. The van der Waals surface area contributed by atoms with Gasteiger partial charge in [0.2, 0.25) is 11.6 Å². The second-order valence-electron chi connectivity index (χ2n) is 11.1. The van der Waals surface area contributed by atoms with Crippen LogP contribution in [0.2, 0.25) is 0 Å². The standard InChI is InChI=1S/C30H44F2O2/c1-3-5-21-6-10-23(11-7-21)25-14-16-26(17-15-25)24-12-8-22(9-13-24)20-34-28-19-18-27(33-4-2)29(31)30(28)32/h8,12,18-19,21-26H,3-7,9-11,13-17,20H2,1-2H3. The second kappa shape index (κ2) is 12.4. The largest absolute Gasteiger partial charge is 0.491 e. The number of hydrogen-bond acceptors (Lipinski definition) is 2. The van der Waals surface area contributed by atoms with Crippen molar-refractivity contribution in [2.24, 2.45) is 35.5 Å². The number of allylic oxidation sites excluding steroid dienone is 1. The first-order chi connectivity index (χ1) is 16.6. The molecule has 0 aromatic heterocycles. The molecule has 2 atom stereocenters. The van der Waals surface area contributed by atoms with E-state index in [4.69, 9.17) is 9.47 Å². The highest BCUT2D eigenvalue weighted by Gasteiger charge is 2.33. The lowest BCUT2D eigenvalue weighted by Gasteiger charge is -2.40.